The van der Waals surface area contributed by atoms with E-state index in [0.717, 1.165) is 15.6 Å². The van der Waals surface area contributed by atoms with Crippen molar-refractivity contribution in [3.05, 3.63) is 62.3 Å². The predicted molar refractivity (Wildman–Crippen MR) is 111 cm³/mol. The van der Waals surface area contributed by atoms with E-state index in [1.54, 1.807) is 36.7 Å². The average Bonchev–Trinajstić information content (AvgIpc) is 3.12. The molecule has 0 aliphatic heterocycles. The van der Waals surface area contributed by atoms with Crippen molar-refractivity contribution < 1.29 is 9.13 Å². The van der Waals surface area contributed by atoms with Crippen LogP contribution in [0, 0.1) is 18.7 Å². The smallest absolute Gasteiger partial charge is 0.290 e. The number of hydrogen-bond donors (Lipinski definition) is 1. The minimum absolute atomic E-state index is 0.0790. The van der Waals surface area contributed by atoms with Crippen LogP contribution in [0.2, 0.25) is 0 Å². The Bertz CT molecular complexity index is 1020. The first-order valence-corrected chi connectivity index (χ1v) is 10.1. The lowest BCUT2D eigenvalue weighted by molar-refractivity contribution is 0.228. The molecule has 0 aliphatic carbocycles. The summed E-state index contributed by atoms with van der Waals surface area (Å²) in [5.41, 5.74) is 0.998. The Labute approximate surface area is 172 Å². The number of nitrogens with zero attached hydrogens (tertiary/aromatic N) is 4. The van der Waals surface area contributed by atoms with Crippen molar-refractivity contribution in [1.82, 2.24) is 19.7 Å². The second-order valence-corrected chi connectivity index (χ2v) is 8.32. The third-order valence-electron chi connectivity index (χ3n) is 4.73. The van der Waals surface area contributed by atoms with E-state index in [1.165, 1.54) is 16.9 Å². The molecule has 0 aromatic carbocycles. The molecule has 1 N–H and O–H groups in total. The maximum Gasteiger partial charge on any atom is 0.290 e. The van der Waals surface area contributed by atoms with Gasteiger partial charge in [0.15, 0.2) is 0 Å². The van der Waals surface area contributed by atoms with E-state index in [9.17, 15) is 9.18 Å². The van der Waals surface area contributed by atoms with Crippen molar-refractivity contribution in [2.45, 2.75) is 33.2 Å². The predicted octanol–water partition coefficient (Wildman–Crippen LogP) is 3.51. The summed E-state index contributed by atoms with van der Waals surface area (Å²) in [5, 5.41) is 8.29. The number of nitrogens with one attached hydrogen (secondary N) is 1. The number of thiazole rings is 1. The van der Waals surface area contributed by atoms with Crippen molar-refractivity contribution in [2.75, 3.05) is 11.9 Å². The topological polar surface area (TPSA) is 81.9 Å². The first-order valence-electron chi connectivity index (χ1n) is 9.31. The van der Waals surface area contributed by atoms with Crippen molar-refractivity contribution in [3.8, 4) is 5.88 Å². The molecule has 3 heterocycles. The number of aryl methyl sites for hydroxylation is 2. The lowest BCUT2D eigenvalue weighted by Crippen LogP contribution is -2.24. The average molecular weight is 418 g/mol. The van der Waals surface area contributed by atoms with Crippen LogP contribution in [-0.4, -0.2) is 26.4 Å². The molecule has 3 rings (SSSR count). The van der Waals surface area contributed by atoms with Gasteiger partial charge < -0.3 is 10.1 Å². The fourth-order valence-electron chi connectivity index (χ4n) is 2.76. The highest BCUT2D eigenvalue weighted by molar-refractivity contribution is 7.11. The van der Waals surface area contributed by atoms with Crippen molar-refractivity contribution in [1.29, 1.82) is 0 Å². The van der Waals surface area contributed by atoms with Crippen LogP contribution in [0.4, 0.5) is 10.1 Å². The second-order valence-electron chi connectivity index (χ2n) is 7.00. The first kappa shape index (κ1) is 20.9. The molecule has 0 radical (unpaired) electrons. The maximum atomic E-state index is 13.1. The van der Waals surface area contributed by atoms with Crippen LogP contribution in [0.3, 0.4) is 0 Å². The summed E-state index contributed by atoms with van der Waals surface area (Å²) in [4.78, 5) is 21.7. The number of halogens is 1. The largest absolute Gasteiger partial charge is 0.476 e. The Morgan fingerprint density at radius 1 is 1.28 bits per heavy atom. The standard InChI is InChI=1S/C20H24FN5O2S/c1-12(13(2)17-6-5-15(21)8-23-17)11-28-19-7-18(20(27)26(4)25-19)24-10-16-9-22-14(3)29-16/h5-9,12-13,24H,10-11H2,1-4H3/t12-,13+/m1/s1. The van der Waals surface area contributed by atoms with E-state index < -0.39 is 0 Å². The Morgan fingerprint density at radius 3 is 2.72 bits per heavy atom. The SMILES string of the molecule is Cc1ncc(CNc2cc(OC[C@@H](C)[C@H](C)c3ccc(F)cn3)nn(C)c2=O)s1. The first-order chi connectivity index (χ1) is 13.8. The lowest BCUT2D eigenvalue weighted by Gasteiger charge is -2.20. The molecule has 0 bridgehead atoms. The molecular weight excluding hydrogens is 393 g/mol. The highest BCUT2D eigenvalue weighted by atomic mass is 32.1. The fraction of sp³-hybridized carbons (Fsp3) is 0.400. The highest BCUT2D eigenvalue weighted by Crippen LogP contribution is 2.23. The van der Waals surface area contributed by atoms with Gasteiger partial charge >= 0.3 is 0 Å². The van der Waals surface area contributed by atoms with E-state index in [4.69, 9.17) is 4.74 Å². The van der Waals surface area contributed by atoms with Crippen LogP contribution in [0.5, 0.6) is 5.88 Å². The third kappa shape index (κ3) is 5.38. The Hall–Kier alpha value is -2.81. The lowest BCUT2D eigenvalue weighted by atomic mass is 9.93. The van der Waals surface area contributed by atoms with E-state index >= 15 is 0 Å². The van der Waals surface area contributed by atoms with Crippen molar-refractivity contribution in [3.63, 3.8) is 0 Å². The Balaban J connectivity index is 1.64. The number of hydrogen-bond acceptors (Lipinski definition) is 7. The molecule has 29 heavy (non-hydrogen) atoms. The molecule has 7 nitrogen and oxygen atoms in total. The van der Waals surface area contributed by atoms with Crippen LogP contribution in [0.1, 0.15) is 35.3 Å². The van der Waals surface area contributed by atoms with Crippen LogP contribution in [0.25, 0.3) is 0 Å². The van der Waals surface area contributed by atoms with Crippen LogP contribution in [0.15, 0.2) is 35.4 Å². The van der Waals surface area contributed by atoms with Gasteiger partial charge in [-0.05, 0) is 25.0 Å². The van der Waals surface area contributed by atoms with E-state index in [1.807, 2.05) is 20.8 Å². The van der Waals surface area contributed by atoms with Crippen LogP contribution in [-0.2, 0) is 13.6 Å². The third-order valence-corrected chi connectivity index (χ3v) is 5.64. The second kappa shape index (κ2) is 9.13. The summed E-state index contributed by atoms with van der Waals surface area (Å²) in [5.74, 6) is 0.202. The summed E-state index contributed by atoms with van der Waals surface area (Å²) < 4.78 is 20.2. The van der Waals surface area contributed by atoms with Crippen LogP contribution < -0.4 is 15.6 Å². The number of ether oxygens (including phenoxy) is 1. The van der Waals surface area contributed by atoms with Gasteiger partial charge in [0.2, 0.25) is 5.88 Å². The zero-order valence-electron chi connectivity index (χ0n) is 16.8. The summed E-state index contributed by atoms with van der Waals surface area (Å²) >= 11 is 1.58. The molecule has 9 heteroatoms. The molecule has 0 unspecified atom stereocenters. The monoisotopic (exact) mass is 417 g/mol. The van der Waals surface area contributed by atoms with Crippen molar-refractivity contribution in [2.24, 2.45) is 13.0 Å². The molecule has 0 amide bonds. The molecule has 0 aliphatic rings. The molecule has 3 aromatic rings. The Morgan fingerprint density at radius 2 is 2.07 bits per heavy atom. The summed E-state index contributed by atoms with van der Waals surface area (Å²) in [7, 11) is 1.59. The van der Waals surface area contributed by atoms with Crippen LogP contribution >= 0.6 is 11.3 Å². The minimum Gasteiger partial charge on any atom is -0.476 e. The van der Waals surface area contributed by atoms with E-state index in [0.29, 0.717) is 24.7 Å². The number of pyridine rings is 1. The normalized spacial score (nSPS) is 13.1. The maximum absolute atomic E-state index is 13.1. The van der Waals surface area contributed by atoms with Gasteiger partial charge in [0.1, 0.15) is 11.5 Å². The summed E-state index contributed by atoms with van der Waals surface area (Å²) in [6.07, 6.45) is 3.01. The molecular formula is C20H24FN5O2S. The molecule has 0 saturated carbocycles. The number of anilines is 1. The van der Waals surface area contributed by atoms with E-state index in [2.05, 4.69) is 20.4 Å². The van der Waals surface area contributed by atoms with Crippen molar-refractivity contribution >= 4 is 17.0 Å². The van der Waals surface area contributed by atoms with Gasteiger partial charge in [-0.3, -0.25) is 9.78 Å². The number of aromatic nitrogens is 4. The van der Waals surface area contributed by atoms with Gasteiger partial charge in [0.25, 0.3) is 5.56 Å². The summed E-state index contributed by atoms with van der Waals surface area (Å²) in [6.45, 7) is 6.89. The minimum atomic E-state index is -0.354. The number of rotatable bonds is 8. The van der Waals surface area contributed by atoms with E-state index in [-0.39, 0.29) is 23.2 Å². The van der Waals surface area contributed by atoms with Gasteiger partial charge in [0, 0.05) is 35.8 Å². The quantitative estimate of drug-likeness (QED) is 0.604. The van der Waals surface area contributed by atoms with Gasteiger partial charge in [0.05, 0.1) is 24.4 Å². The van der Waals surface area contributed by atoms with Gasteiger partial charge in [-0.15, -0.1) is 16.4 Å². The summed E-state index contributed by atoms with van der Waals surface area (Å²) in [6, 6.07) is 4.71. The molecule has 0 saturated heterocycles. The molecule has 154 valence electrons. The molecule has 3 aromatic heterocycles. The zero-order chi connectivity index (χ0) is 21.0. The van der Waals surface area contributed by atoms with Gasteiger partial charge in [-0.2, -0.15) is 0 Å². The van der Waals surface area contributed by atoms with Gasteiger partial charge in [-0.25, -0.2) is 14.1 Å². The molecule has 0 fully saturated rings. The highest BCUT2D eigenvalue weighted by Gasteiger charge is 2.17. The van der Waals surface area contributed by atoms with Gasteiger partial charge in [-0.1, -0.05) is 13.8 Å². The zero-order valence-corrected chi connectivity index (χ0v) is 17.7. The molecule has 0 spiro atoms. The Kier molecular flexibility index (Phi) is 6.58. The molecule has 2 atom stereocenters. The fourth-order valence-corrected chi connectivity index (χ4v) is 3.49.